The molecule has 0 radical (unpaired) electrons. The van der Waals surface area contributed by atoms with E-state index in [-0.39, 0.29) is 29.8 Å². The molecule has 0 aromatic heterocycles. The Hall–Kier alpha value is -1.95. The van der Waals surface area contributed by atoms with Crippen molar-refractivity contribution in [3.8, 4) is 0 Å². The van der Waals surface area contributed by atoms with Gasteiger partial charge in [0, 0.05) is 57.3 Å². The normalized spacial score (nSPS) is 17.8. The minimum Gasteiger partial charge on any atom is -0.378 e. The zero-order chi connectivity index (χ0) is 37.8. The maximum atomic E-state index is 12.4. The molecule has 9 N–H and O–H groups in total. The van der Waals surface area contributed by atoms with Crippen LogP contribution < -0.4 is 43.0 Å². The quantitative estimate of drug-likeness (QED) is 0.0417. The van der Waals surface area contributed by atoms with Gasteiger partial charge in [-0.3, -0.25) is 14.4 Å². The molecular formula is C38H74N8O7. The summed E-state index contributed by atoms with van der Waals surface area (Å²) in [7, 11) is 0. The van der Waals surface area contributed by atoms with Crippen LogP contribution in [-0.4, -0.2) is 146 Å². The number of carbonyl (C=O) groups is 3. The van der Waals surface area contributed by atoms with Crippen LogP contribution in [0.5, 0.6) is 0 Å². The third-order valence-corrected chi connectivity index (χ3v) is 9.24. The van der Waals surface area contributed by atoms with Gasteiger partial charge >= 0.3 is 0 Å². The number of unbranched alkanes of at least 4 members (excludes halogenated alkanes) is 2. The van der Waals surface area contributed by atoms with Crippen LogP contribution in [0.25, 0.3) is 0 Å². The molecule has 2 unspecified atom stereocenters. The molecule has 0 spiro atoms. The molecule has 0 bridgehead atoms. The monoisotopic (exact) mass is 755 g/mol. The maximum absolute atomic E-state index is 12.4. The number of hydrogen-bond acceptors (Lipinski definition) is 12. The Morgan fingerprint density at radius 2 is 0.887 bits per heavy atom. The van der Waals surface area contributed by atoms with E-state index in [9.17, 15) is 14.4 Å². The van der Waals surface area contributed by atoms with E-state index in [0.29, 0.717) is 91.1 Å². The number of amides is 3. The average molecular weight is 755 g/mol. The molecule has 4 aliphatic carbocycles. The predicted molar refractivity (Wildman–Crippen MR) is 207 cm³/mol. The first-order valence-corrected chi connectivity index (χ1v) is 20.7. The first-order valence-electron chi connectivity index (χ1n) is 20.7. The van der Waals surface area contributed by atoms with Crippen LogP contribution in [-0.2, 0) is 33.3 Å². The Morgan fingerprint density at radius 3 is 1.25 bits per heavy atom. The topological polar surface area (TPSA) is 198 Å². The van der Waals surface area contributed by atoms with E-state index in [0.717, 1.165) is 63.7 Å². The van der Waals surface area contributed by atoms with Gasteiger partial charge in [-0.25, -0.2) is 0 Å². The number of nitrogens with two attached hydrogens (primary N) is 1. The smallest absolute Gasteiger partial charge is 0.237 e. The van der Waals surface area contributed by atoms with Crippen LogP contribution in [0.1, 0.15) is 96.8 Å². The third-order valence-electron chi connectivity index (χ3n) is 9.24. The molecule has 2 atom stereocenters. The standard InChI is InChI=1S/C20H38N4O4.C18H36N4O3/c1-16(25)21-10-12-27-14-15-28-13-11-23-20(26)19(24-18-7-8-18)4-2-3-9-22-17-5-6-17;19-8-11-24-13-14-25-12-10-21-18(23)17(22-16-6-7-16)3-1-2-9-20-15-4-5-15/h17-19,22,24H,2-15H2,1H3,(H,21,25)(H,23,26);15-17,20,22H,1-14,19H2,(H,21,23). The van der Waals surface area contributed by atoms with E-state index in [1.54, 1.807) is 0 Å². The fourth-order valence-corrected chi connectivity index (χ4v) is 5.55. The summed E-state index contributed by atoms with van der Waals surface area (Å²) in [5, 5.41) is 22.6. The molecule has 0 heterocycles. The Kier molecular flexibility index (Phi) is 25.2. The maximum Gasteiger partial charge on any atom is 0.237 e. The van der Waals surface area contributed by atoms with Crippen molar-refractivity contribution in [1.29, 1.82) is 0 Å². The molecule has 3 amide bonds. The number of hydrogen-bond donors (Lipinski definition) is 8. The summed E-state index contributed by atoms with van der Waals surface area (Å²) in [6.45, 7) is 9.77. The Balaban J connectivity index is 0.000000287. The van der Waals surface area contributed by atoms with Gasteiger partial charge in [0.25, 0.3) is 0 Å². The summed E-state index contributed by atoms with van der Waals surface area (Å²) < 4.78 is 21.5. The predicted octanol–water partition coefficient (Wildman–Crippen LogP) is 0.452. The van der Waals surface area contributed by atoms with Gasteiger partial charge in [0.15, 0.2) is 0 Å². The first-order chi connectivity index (χ1) is 25.9. The Bertz CT molecular complexity index is 967. The molecular weight excluding hydrogens is 680 g/mol. The van der Waals surface area contributed by atoms with Gasteiger partial charge < -0.3 is 61.9 Å². The average Bonchev–Trinajstić information content (AvgIpc) is 3.94. The minimum atomic E-state index is -0.0921. The van der Waals surface area contributed by atoms with Crippen molar-refractivity contribution in [3.05, 3.63) is 0 Å². The molecule has 308 valence electrons. The van der Waals surface area contributed by atoms with Gasteiger partial charge in [-0.1, -0.05) is 12.8 Å². The van der Waals surface area contributed by atoms with Crippen molar-refractivity contribution in [1.82, 2.24) is 37.2 Å². The highest BCUT2D eigenvalue weighted by Gasteiger charge is 2.29. The van der Waals surface area contributed by atoms with Crippen molar-refractivity contribution in [3.63, 3.8) is 0 Å². The molecule has 15 heteroatoms. The molecule has 4 aliphatic rings. The second kappa shape index (κ2) is 29.4. The van der Waals surface area contributed by atoms with Gasteiger partial charge in [0.2, 0.25) is 17.7 Å². The van der Waals surface area contributed by atoms with Crippen LogP contribution >= 0.6 is 0 Å². The van der Waals surface area contributed by atoms with E-state index in [2.05, 4.69) is 37.2 Å². The van der Waals surface area contributed by atoms with E-state index < -0.39 is 0 Å². The molecule has 53 heavy (non-hydrogen) atoms. The Labute approximate surface area is 318 Å². The van der Waals surface area contributed by atoms with Gasteiger partial charge in [-0.15, -0.1) is 0 Å². The fraction of sp³-hybridized carbons (Fsp3) is 0.921. The van der Waals surface area contributed by atoms with E-state index in [4.69, 9.17) is 24.7 Å². The molecule has 0 saturated heterocycles. The van der Waals surface area contributed by atoms with Crippen LogP contribution in [0, 0.1) is 0 Å². The van der Waals surface area contributed by atoms with Crippen LogP contribution in [0.3, 0.4) is 0 Å². The molecule has 0 aromatic carbocycles. The van der Waals surface area contributed by atoms with Gasteiger partial charge in [-0.05, 0) is 90.1 Å². The summed E-state index contributed by atoms with van der Waals surface area (Å²) in [6.07, 6.45) is 16.2. The van der Waals surface area contributed by atoms with E-state index in [1.165, 1.54) is 58.3 Å². The minimum absolute atomic E-state index is 0.0556. The third kappa shape index (κ3) is 27.3. The van der Waals surface area contributed by atoms with Crippen LogP contribution in [0.4, 0.5) is 0 Å². The van der Waals surface area contributed by atoms with E-state index in [1.807, 2.05) is 0 Å². The zero-order valence-corrected chi connectivity index (χ0v) is 32.7. The second-order valence-corrected chi connectivity index (χ2v) is 14.7. The highest BCUT2D eigenvalue weighted by Crippen LogP contribution is 2.22. The molecule has 0 aromatic rings. The lowest BCUT2D eigenvalue weighted by molar-refractivity contribution is -0.124. The zero-order valence-electron chi connectivity index (χ0n) is 32.7. The molecule has 4 rings (SSSR count). The summed E-state index contributed by atoms with van der Waals surface area (Å²) in [4.78, 5) is 35.5. The molecule has 4 fully saturated rings. The molecule has 15 nitrogen and oxygen atoms in total. The van der Waals surface area contributed by atoms with Crippen molar-refractivity contribution in [2.45, 2.75) is 133 Å². The van der Waals surface area contributed by atoms with E-state index >= 15 is 0 Å². The highest BCUT2D eigenvalue weighted by atomic mass is 16.5. The van der Waals surface area contributed by atoms with Crippen molar-refractivity contribution < 1.29 is 33.3 Å². The largest absolute Gasteiger partial charge is 0.378 e. The molecule has 4 saturated carbocycles. The van der Waals surface area contributed by atoms with Gasteiger partial charge in [0.1, 0.15) is 0 Å². The number of nitrogens with one attached hydrogen (secondary N) is 7. The summed E-state index contributed by atoms with van der Waals surface area (Å²) >= 11 is 0. The SMILES string of the molecule is CC(=O)NCCOCCOCCNC(=O)C(CCCCNC1CC1)NC1CC1.NCCOCCOCCNC(=O)C(CCCCNC1CC1)NC1CC1. The van der Waals surface area contributed by atoms with Gasteiger partial charge in [-0.2, -0.15) is 0 Å². The number of ether oxygens (including phenoxy) is 4. The Morgan fingerprint density at radius 1 is 0.509 bits per heavy atom. The van der Waals surface area contributed by atoms with Crippen LogP contribution in [0.15, 0.2) is 0 Å². The van der Waals surface area contributed by atoms with Crippen LogP contribution in [0.2, 0.25) is 0 Å². The first kappa shape index (κ1) is 45.4. The lowest BCUT2D eigenvalue weighted by atomic mass is 10.1. The lowest BCUT2D eigenvalue weighted by Crippen LogP contribution is -2.46. The number of rotatable bonds is 35. The van der Waals surface area contributed by atoms with Crippen molar-refractivity contribution in [2.75, 3.05) is 92.1 Å². The fourth-order valence-electron chi connectivity index (χ4n) is 5.55. The molecule has 0 aliphatic heterocycles. The summed E-state index contributed by atoms with van der Waals surface area (Å²) in [6, 6.07) is 2.42. The summed E-state index contributed by atoms with van der Waals surface area (Å²) in [5.74, 6) is 0.127. The van der Waals surface area contributed by atoms with Crippen molar-refractivity contribution in [2.24, 2.45) is 5.73 Å². The van der Waals surface area contributed by atoms with Gasteiger partial charge in [0.05, 0.1) is 64.9 Å². The van der Waals surface area contributed by atoms with Crippen molar-refractivity contribution >= 4 is 17.7 Å². The highest BCUT2D eigenvalue weighted by molar-refractivity contribution is 5.82. The number of carbonyl (C=O) groups excluding carboxylic acids is 3. The second-order valence-electron chi connectivity index (χ2n) is 14.7. The summed E-state index contributed by atoms with van der Waals surface area (Å²) in [5.41, 5.74) is 5.34. The lowest BCUT2D eigenvalue weighted by Gasteiger charge is -2.18.